The molecule has 1 rings (SSSR count). The lowest BCUT2D eigenvalue weighted by Crippen LogP contribution is -2.22. The molecule has 1 atom stereocenters. The second kappa shape index (κ2) is 3.82. The van der Waals surface area contributed by atoms with Crippen molar-refractivity contribution in [3.05, 3.63) is 24.4 Å². The maximum Gasteiger partial charge on any atom is 0.341 e. The first kappa shape index (κ1) is 8.67. The first-order valence-corrected chi connectivity index (χ1v) is 3.51. The highest BCUT2D eigenvalue weighted by molar-refractivity contribution is 5.75. The van der Waals surface area contributed by atoms with Gasteiger partial charge in [-0.3, -0.25) is 0 Å². The molecular weight excluding hydrogens is 158 g/mol. The second-order valence-corrected chi connectivity index (χ2v) is 2.27. The van der Waals surface area contributed by atoms with Crippen LogP contribution in [0, 0.1) is 0 Å². The highest BCUT2D eigenvalue weighted by atomic mass is 16.6. The first-order valence-electron chi connectivity index (χ1n) is 3.51. The first-order chi connectivity index (χ1) is 5.70. The van der Waals surface area contributed by atoms with Crippen molar-refractivity contribution in [3.8, 4) is 5.88 Å². The lowest BCUT2D eigenvalue weighted by Gasteiger charge is -2.03. The van der Waals surface area contributed by atoms with E-state index in [0.717, 1.165) is 0 Å². The third-order valence-electron chi connectivity index (χ3n) is 1.18. The van der Waals surface area contributed by atoms with Gasteiger partial charge >= 0.3 is 5.97 Å². The Morgan fingerprint density at radius 2 is 2.42 bits per heavy atom. The third kappa shape index (κ3) is 2.32. The van der Waals surface area contributed by atoms with Crippen LogP contribution >= 0.6 is 0 Å². The zero-order chi connectivity index (χ0) is 8.97. The van der Waals surface area contributed by atoms with E-state index in [4.69, 9.17) is 5.11 Å². The monoisotopic (exact) mass is 167 g/mol. The Labute approximate surface area is 69.8 Å². The van der Waals surface area contributed by atoms with Crippen LogP contribution in [0.5, 0.6) is 5.88 Å². The average molecular weight is 167 g/mol. The summed E-state index contributed by atoms with van der Waals surface area (Å²) in [5, 5.41) is 8.78. The van der Waals surface area contributed by atoms with E-state index < -0.39 is 12.1 Å². The van der Waals surface area contributed by atoms with Crippen molar-refractivity contribution in [1.82, 2.24) is 4.98 Å². The van der Waals surface area contributed by atoms with E-state index in [-0.39, 0.29) is 5.88 Å². The van der Waals surface area contributed by atoms with Crippen LogP contribution < -0.4 is 4.74 Å². The van der Waals surface area contributed by atoms with Crippen LogP contribution in [0.25, 0.3) is 0 Å². The molecule has 0 aliphatic heterocycles. The lowest BCUT2D eigenvalue weighted by atomic mass is 10.4. The molecule has 1 N–H and O–H groups in total. The van der Waals surface area contributed by atoms with Gasteiger partial charge in [-0.05, 0) is 13.0 Å². The van der Waals surface area contributed by atoms with Crippen LogP contribution in [0.2, 0.25) is 0 Å². The Morgan fingerprint density at radius 1 is 1.67 bits per heavy atom. The molecule has 0 aromatic carbocycles. The molecule has 4 heteroatoms. The topological polar surface area (TPSA) is 59.4 Å². The number of esters is 1. The summed E-state index contributed by atoms with van der Waals surface area (Å²) in [4.78, 5) is 14.5. The third-order valence-corrected chi connectivity index (χ3v) is 1.18. The Morgan fingerprint density at radius 3 is 2.92 bits per heavy atom. The number of carbonyl (C=O) groups excluding carboxylic acids is 1. The normalized spacial score (nSPS) is 12.2. The zero-order valence-electron chi connectivity index (χ0n) is 6.60. The second-order valence-electron chi connectivity index (χ2n) is 2.27. The van der Waals surface area contributed by atoms with Gasteiger partial charge in [-0.2, -0.15) is 0 Å². The molecule has 12 heavy (non-hydrogen) atoms. The van der Waals surface area contributed by atoms with Crippen LogP contribution in [0.4, 0.5) is 0 Å². The van der Waals surface area contributed by atoms with E-state index in [0.29, 0.717) is 0 Å². The van der Waals surface area contributed by atoms with E-state index in [2.05, 4.69) is 9.72 Å². The Kier molecular flexibility index (Phi) is 2.76. The SMILES string of the molecule is CC(O)C(=O)Oc1ccccn1. The maximum absolute atomic E-state index is 10.8. The van der Waals surface area contributed by atoms with Crippen LogP contribution in [-0.2, 0) is 4.79 Å². The van der Waals surface area contributed by atoms with Crippen molar-refractivity contribution < 1.29 is 14.6 Å². The van der Waals surface area contributed by atoms with Crippen molar-refractivity contribution in [3.63, 3.8) is 0 Å². The standard InChI is InChI=1S/C8H9NO3/c1-6(10)8(11)12-7-4-2-3-5-9-7/h2-6,10H,1H3. The number of aliphatic hydroxyl groups excluding tert-OH is 1. The summed E-state index contributed by atoms with van der Waals surface area (Å²) in [7, 11) is 0. The predicted octanol–water partition coefficient (Wildman–Crippen LogP) is 0.368. The molecule has 0 amide bonds. The summed E-state index contributed by atoms with van der Waals surface area (Å²) in [5.74, 6) is -0.503. The molecule has 0 spiro atoms. The summed E-state index contributed by atoms with van der Waals surface area (Å²) >= 11 is 0. The van der Waals surface area contributed by atoms with Crippen molar-refractivity contribution in [2.45, 2.75) is 13.0 Å². The maximum atomic E-state index is 10.8. The lowest BCUT2D eigenvalue weighted by molar-refractivity contribution is -0.143. The summed E-state index contributed by atoms with van der Waals surface area (Å²) in [6.07, 6.45) is 0.386. The minimum Gasteiger partial charge on any atom is -0.406 e. The Hall–Kier alpha value is -1.42. The minimum absolute atomic E-state index is 0.198. The molecule has 0 radical (unpaired) electrons. The molecule has 4 nitrogen and oxygen atoms in total. The average Bonchev–Trinajstić information content (AvgIpc) is 2.06. The molecule has 1 unspecified atom stereocenters. The van der Waals surface area contributed by atoms with Gasteiger partial charge in [0.25, 0.3) is 0 Å². The number of ether oxygens (including phenoxy) is 1. The summed E-state index contributed by atoms with van der Waals surface area (Å²) in [5.41, 5.74) is 0. The summed E-state index contributed by atoms with van der Waals surface area (Å²) < 4.78 is 4.68. The molecule has 0 aliphatic rings. The highest BCUT2D eigenvalue weighted by Gasteiger charge is 2.11. The van der Waals surface area contributed by atoms with Gasteiger partial charge < -0.3 is 9.84 Å². The van der Waals surface area contributed by atoms with E-state index in [1.165, 1.54) is 13.1 Å². The van der Waals surface area contributed by atoms with Crippen molar-refractivity contribution >= 4 is 5.97 Å². The number of hydrogen-bond acceptors (Lipinski definition) is 4. The Bertz CT molecular complexity index is 258. The molecule has 0 fully saturated rings. The molecule has 64 valence electrons. The van der Waals surface area contributed by atoms with Gasteiger partial charge in [-0.1, -0.05) is 6.07 Å². The number of pyridine rings is 1. The minimum atomic E-state index is -1.12. The number of aromatic nitrogens is 1. The van der Waals surface area contributed by atoms with E-state index in [1.807, 2.05) is 0 Å². The molecule has 1 aromatic rings. The van der Waals surface area contributed by atoms with Crippen LogP contribution in [0.3, 0.4) is 0 Å². The number of aliphatic hydroxyl groups is 1. The molecule has 0 bridgehead atoms. The molecular formula is C8H9NO3. The fourth-order valence-corrected chi connectivity index (χ4v) is 0.596. The highest BCUT2D eigenvalue weighted by Crippen LogP contribution is 2.03. The zero-order valence-corrected chi connectivity index (χ0v) is 6.60. The number of rotatable bonds is 2. The van der Waals surface area contributed by atoms with E-state index in [1.54, 1.807) is 18.2 Å². The number of carbonyl (C=O) groups is 1. The fraction of sp³-hybridized carbons (Fsp3) is 0.250. The number of nitrogens with zero attached hydrogens (tertiary/aromatic N) is 1. The van der Waals surface area contributed by atoms with E-state index in [9.17, 15) is 4.79 Å². The summed E-state index contributed by atoms with van der Waals surface area (Å²) in [6, 6.07) is 4.94. The van der Waals surface area contributed by atoms with Gasteiger partial charge in [0, 0.05) is 12.3 Å². The van der Waals surface area contributed by atoms with Crippen molar-refractivity contribution in [2.75, 3.05) is 0 Å². The van der Waals surface area contributed by atoms with Gasteiger partial charge in [0.2, 0.25) is 5.88 Å². The van der Waals surface area contributed by atoms with Crippen LogP contribution in [-0.4, -0.2) is 22.2 Å². The molecule has 0 saturated carbocycles. The van der Waals surface area contributed by atoms with Crippen LogP contribution in [0.15, 0.2) is 24.4 Å². The molecule has 1 aromatic heterocycles. The van der Waals surface area contributed by atoms with Crippen molar-refractivity contribution in [1.29, 1.82) is 0 Å². The Balaban J connectivity index is 2.59. The van der Waals surface area contributed by atoms with E-state index >= 15 is 0 Å². The van der Waals surface area contributed by atoms with Gasteiger partial charge in [-0.25, -0.2) is 9.78 Å². The molecule has 0 aliphatic carbocycles. The van der Waals surface area contributed by atoms with Crippen LogP contribution in [0.1, 0.15) is 6.92 Å². The summed E-state index contributed by atoms with van der Waals surface area (Å²) in [6.45, 7) is 1.34. The quantitative estimate of drug-likeness (QED) is 0.646. The van der Waals surface area contributed by atoms with Gasteiger partial charge in [0.15, 0.2) is 0 Å². The number of hydrogen-bond donors (Lipinski definition) is 1. The molecule has 1 heterocycles. The predicted molar refractivity (Wildman–Crippen MR) is 41.6 cm³/mol. The molecule has 0 saturated heterocycles. The van der Waals surface area contributed by atoms with Gasteiger partial charge in [0.1, 0.15) is 6.10 Å². The fourth-order valence-electron chi connectivity index (χ4n) is 0.596. The smallest absolute Gasteiger partial charge is 0.341 e. The van der Waals surface area contributed by atoms with Gasteiger partial charge in [0.05, 0.1) is 0 Å². The van der Waals surface area contributed by atoms with Crippen molar-refractivity contribution in [2.24, 2.45) is 0 Å². The largest absolute Gasteiger partial charge is 0.406 e. The van der Waals surface area contributed by atoms with Gasteiger partial charge in [-0.15, -0.1) is 0 Å².